The second kappa shape index (κ2) is 5.72. The predicted molar refractivity (Wildman–Crippen MR) is 86.5 cm³/mol. The molecule has 26 heavy (non-hydrogen) atoms. The molecule has 2 aliphatic heterocycles. The zero-order valence-corrected chi connectivity index (χ0v) is 14.4. The van der Waals surface area contributed by atoms with Gasteiger partial charge in [-0.15, -0.1) is 0 Å². The van der Waals surface area contributed by atoms with Gasteiger partial charge in [0.15, 0.2) is 0 Å². The Balaban J connectivity index is 1.89. The highest BCUT2D eigenvalue weighted by atomic mass is 19.4. The number of carbonyl (C=O) groups excluding carboxylic acids is 2. The molecule has 0 N–H and O–H groups in total. The number of esters is 1. The highest BCUT2D eigenvalue weighted by Crippen LogP contribution is 2.57. The van der Waals surface area contributed by atoms with Gasteiger partial charge in [-0.3, -0.25) is 9.59 Å². The number of hydrogen-bond donors (Lipinski definition) is 0. The van der Waals surface area contributed by atoms with Crippen LogP contribution in [0.1, 0.15) is 60.0 Å². The Bertz CT molecular complexity index is 776. The van der Waals surface area contributed by atoms with Crippen molar-refractivity contribution in [2.75, 3.05) is 13.2 Å². The standard InChI is InChI=1S/C19H20F3NO3/c1-2-26-17(25)18-8-4-6-11-14-12(5-3-7-13(14)19(20,21)22)16(24)23(10-9-18)15(11)18/h3,5,7,11,15H,2,4,6,8-10H2,1H3/t11-,15+,18-/m0/s1. The minimum Gasteiger partial charge on any atom is -0.466 e. The Morgan fingerprint density at radius 1 is 1.35 bits per heavy atom. The molecular weight excluding hydrogens is 347 g/mol. The molecule has 1 aromatic carbocycles. The summed E-state index contributed by atoms with van der Waals surface area (Å²) in [6.07, 6.45) is -2.34. The van der Waals surface area contributed by atoms with Gasteiger partial charge in [0.2, 0.25) is 0 Å². The summed E-state index contributed by atoms with van der Waals surface area (Å²) in [6.45, 7) is 2.31. The lowest BCUT2D eigenvalue weighted by Gasteiger charge is -2.48. The largest absolute Gasteiger partial charge is 0.466 e. The van der Waals surface area contributed by atoms with Crippen molar-refractivity contribution in [2.24, 2.45) is 5.41 Å². The minimum atomic E-state index is -4.53. The summed E-state index contributed by atoms with van der Waals surface area (Å²) in [5.74, 6) is -1.26. The van der Waals surface area contributed by atoms with Crippen LogP contribution in [0.4, 0.5) is 13.2 Å². The Morgan fingerprint density at radius 3 is 2.81 bits per heavy atom. The molecule has 0 radical (unpaired) electrons. The fourth-order valence-electron chi connectivity index (χ4n) is 5.26. The average molecular weight is 367 g/mol. The van der Waals surface area contributed by atoms with E-state index in [1.165, 1.54) is 12.1 Å². The molecule has 0 bridgehead atoms. The molecule has 3 atom stereocenters. The van der Waals surface area contributed by atoms with Crippen LogP contribution < -0.4 is 0 Å². The average Bonchev–Trinajstić information content (AvgIpc) is 3.00. The normalized spacial score (nSPS) is 30.0. The third kappa shape index (κ3) is 2.21. The van der Waals surface area contributed by atoms with Crippen LogP contribution >= 0.6 is 0 Å². The van der Waals surface area contributed by atoms with Crippen LogP contribution in [0.5, 0.6) is 0 Å². The highest BCUT2D eigenvalue weighted by molar-refractivity contribution is 5.99. The molecule has 4 nitrogen and oxygen atoms in total. The first kappa shape index (κ1) is 17.4. The Labute approximate surface area is 149 Å². The first-order chi connectivity index (χ1) is 12.3. The van der Waals surface area contributed by atoms with Crippen LogP contribution in [0.2, 0.25) is 0 Å². The van der Waals surface area contributed by atoms with Crippen molar-refractivity contribution >= 4 is 11.9 Å². The minimum absolute atomic E-state index is 0.0709. The van der Waals surface area contributed by atoms with E-state index >= 15 is 0 Å². The van der Waals surface area contributed by atoms with Crippen molar-refractivity contribution < 1.29 is 27.5 Å². The first-order valence-electron chi connectivity index (χ1n) is 8.99. The van der Waals surface area contributed by atoms with Gasteiger partial charge in [-0.1, -0.05) is 12.5 Å². The van der Waals surface area contributed by atoms with Crippen LogP contribution in [-0.2, 0) is 15.7 Å². The number of ether oxygens (including phenoxy) is 1. The van der Waals surface area contributed by atoms with Gasteiger partial charge in [0, 0.05) is 18.0 Å². The van der Waals surface area contributed by atoms with Gasteiger partial charge in [-0.25, -0.2) is 0 Å². The quantitative estimate of drug-likeness (QED) is 0.748. The summed E-state index contributed by atoms with van der Waals surface area (Å²) in [4.78, 5) is 27.3. The van der Waals surface area contributed by atoms with Gasteiger partial charge >= 0.3 is 12.1 Å². The van der Waals surface area contributed by atoms with E-state index in [9.17, 15) is 22.8 Å². The van der Waals surface area contributed by atoms with E-state index in [1.54, 1.807) is 11.8 Å². The maximum absolute atomic E-state index is 13.6. The lowest BCUT2D eigenvalue weighted by molar-refractivity contribution is -0.159. The van der Waals surface area contributed by atoms with E-state index in [0.717, 1.165) is 6.07 Å². The van der Waals surface area contributed by atoms with Crippen molar-refractivity contribution in [3.8, 4) is 0 Å². The monoisotopic (exact) mass is 367 g/mol. The number of nitrogens with zero attached hydrogens (tertiary/aromatic N) is 1. The summed E-state index contributed by atoms with van der Waals surface area (Å²) in [6, 6.07) is 3.26. The van der Waals surface area contributed by atoms with Crippen molar-refractivity contribution in [1.82, 2.24) is 4.90 Å². The van der Waals surface area contributed by atoms with Gasteiger partial charge < -0.3 is 9.64 Å². The molecule has 0 spiro atoms. The molecular formula is C19H20F3NO3. The topological polar surface area (TPSA) is 46.6 Å². The zero-order chi connectivity index (χ0) is 18.7. The maximum atomic E-state index is 13.6. The summed E-state index contributed by atoms with van der Waals surface area (Å²) in [7, 11) is 0. The molecule has 1 aliphatic carbocycles. The second-order valence-electron chi connectivity index (χ2n) is 7.33. The van der Waals surface area contributed by atoms with Gasteiger partial charge in [0.1, 0.15) is 0 Å². The lowest BCUT2D eigenvalue weighted by Crippen LogP contribution is -2.55. The van der Waals surface area contributed by atoms with Gasteiger partial charge in [-0.2, -0.15) is 13.2 Å². The number of carbonyl (C=O) groups is 2. The van der Waals surface area contributed by atoms with E-state index in [4.69, 9.17) is 4.74 Å². The van der Waals surface area contributed by atoms with Gasteiger partial charge in [0.25, 0.3) is 5.91 Å². The van der Waals surface area contributed by atoms with Crippen molar-refractivity contribution in [3.63, 3.8) is 0 Å². The van der Waals surface area contributed by atoms with Crippen LogP contribution in [0.15, 0.2) is 18.2 Å². The molecule has 7 heteroatoms. The van der Waals surface area contributed by atoms with Gasteiger partial charge in [0.05, 0.1) is 23.6 Å². The van der Waals surface area contributed by atoms with Crippen molar-refractivity contribution in [2.45, 2.75) is 50.7 Å². The number of fused-ring (bicyclic) bond motifs is 2. The molecule has 1 aromatic rings. The third-order valence-electron chi connectivity index (χ3n) is 6.18. The molecule has 2 fully saturated rings. The summed E-state index contributed by atoms with van der Waals surface area (Å²) < 4.78 is 46.2. The van der Waals surface area contributed by atoms with E-state index in [-0.39, 0.29) is 23.7 Å². The van der Waals surface area contributed by atoms with Crippen molar-refractivity contribution in [1.29, 1.82) is 0 Å². The lowest BCUT2D eigenvalue weighted by atomic mass is 9.62. The van der Waals surface area contributed by atoms with E-state index in [0.29, 0.717) is 32.2 Å². The van der Waals surface area contributed by atoms with Crippen LogP contribution in [0.25, 0.3) is 0 Å². The first-order valence-corrected chi connectivity index (χ1v) is 8.99. The van der Waals surface area contributed by atoms with Crippen LogP contribution in [0.3, 0.4) is 0 Å². The molecule has 0 aromatic heterocycles. The Morgan fingerprint density at radius 2 is 2.12 bits per heavy atom. The third-order valence-corrected chi connectivity index (χ3v) is 6.18. The van der Waals surface area contributed by atoms with Crippen LogP contribution in [-0.4, -0.2) is 36.0 Å². The Kier molecular flexibility index (Phi) is 3.82. The molecule has 0 unspecified atom stereocenters. The van der Waals surface area contributed by atoms with Crippen LogP contribution in [0, 0.1) is 5.41 Å². The molecule has 3 aliphatic rings. The number of halogens is 3. The molecule has 140 valence electrons. The summed E-state index contributed by atoms with van der Waals surface area (Å²) in [5, 5.41) is 0. The number of alkyl halides is 3. The molecule has 2 heterocycles. The molecule has 1 amide bonds. The molecule has 1 saturated carbocycles. The second-order valence-corrected chi connectivity index (χ2v) is 7.33. The summed E-state index contributed by atoms with van der Waals surface area (Å²) >= 11 is 0. The SMILES string of the molecule is CCOC(=O)[C@@]12CCC[C@H]3c4c(cccc4C(F)(F)F)C(=O)N(CC1)[C@H]32. The fourth-order valence-corrected chi connectivity index (χ4v) is 5.26. The van der Waals surface area contributed by atoms with E-state index < -0.39 is 35.0 Å². The number of rotatable bonds is 2. The Hall–Kier alpha value is -2.05. The molecule has 4 rings (SSSR count). The smallest absolute Gasteiger partial charge is 0.416 e. The fraction of sp³-hybridized carbons (Fsp3) is 0.579. The molecule has 1 saturated heterocycles. The van der Waals surface area contributed by atoms with Gasteiger partial charge in [-0.05, 0) is 43.9 Å². The predicted octanol–water partition coefficient (Wildman–Crippen LogP) is 3.75. The van der Waals surface area contributed by atoms with E-state index in [2.05, 4.69) is 0 Å². The highest BCUT2D eigenvalue weighted by Gasteiger charge is 2.62. The number of benzene rings is 1. The zero-order valence-electron chi connectivity index (χ0n) is 14.4. The maximum Gasteiger partial charge on any atom is 0.416 e. The summed E-state index contributed by atoms with van der Waals surface area (Å²) in [5.41, 5.74) is -1.44. The van der Waals surface area contributed by atoms with Crippen molar-refractivity contribution in [3.05, 3.63) is 34.9 Å². The number of hydrogen-bond acceptors (Lipinski definition) is 3. The van der Waals surface area contributed by atoms with E-state index in [1.807, 2.05) is 0 Å². The number of amides is 1.